The van der Waals surface area contributed by atoms with Crippen LogP contribution in [0, 0.1) is 0 Å². The van der Waals surface area contributed by atoms with E-state index in [-0.39, 0.29) is 5.69 Å². The van der Waals surface area contributed by atoms with Crippen molar-refractivity contribution in [3.63, 3.8) is 0 Å². The molecule has 2 aromatic rings. The van der Waals surface area contributed by atoms with Crippen LogP contribution in [0.25, 0.3) is 0 Å². The van der Waals surface area contributed by atoms with Crippen molar-refractivity contribution < 1.29 is 9.90 Å². The maximum atomic E-state index is 11.0. The molecule has 0 fully saturated rings. The summed E-state index contributed by atoms with van der Waals surface area (Å²) in [6, 6.07) is 9.22. The van der Waals surface area contributed by atoms with Crippen molar-refractivity contribution in [2.75, 3.05) is 0 Å². The van der Waals surface area contributed by atoms with Crippen LogP contribution < -0.4 is 5.73 Å². The van der Waals surface area contributed by atoms with Gasteiger partial charge in [0, 0.05) is 6.20 Å². The highest BCUT2D eigenvalue weighted by Crippen LogP contribution is 2.20. The second-order valence-corrected chi connectivity index (χ2v) is 5.02. The Morgan fingerprint density at radius 1 is 1.42 bits per heavy atom. The molecular weight excluding hydrogens is 242 g/mol. The van der Waals surface area contributed by atoms with Gasteiger partial charge in [-0.05, 0) is 31.0 Å². The predicted octanol–water partition coefficient (Wildman–Crippen LogP) is 1.26. The van der Waals surface area contributed by atoms with Crippen LogP contribution >= 0.6 is 0 Å². The summed E-state index contributed by atoms with van der Waals surface area (Å²) in [6.45, 7) is 4.01. The Morgan fingerprint density at radius 3 is 2.74 bits per heavy atom. The van der Waals surface area contributed by atoms with Crippen LogP contribution in [0.2, 0.25) is 0 Å². The van der Waals surface area contributed by atoms with E-state index >= 15 is 0 Å². The number of hydrogen-bond acceptors (Lipinski definition) is 3. The molecule has 1 aromatic carbocycles. The summed E-state index contributed by atoms with van der Waals surface area (Å²) in [4.78, 5) is 11.0. The van der Waals surface area contributed by atoms with Crippen molar-refractivity contribution in [1.82, 2.24) is 9.78 Å². The molecule has 5 heteroatoms. The van der Waals surface area contributed by atoms with Crippen LogP contribution in [0.3, 0.4) is 0 Å². The molecule has 0 saturated heterocycles. The van der Waals surface area contributed by atoms with Gasteiger partial charge in [0.2, 0.25) is 0 Å². The second kappa shape index (κ2) is 4.85. The number of benzene rings is 1. The van der Waals surface area contributed by atoms with Crippen molar-refractivity contribution in [3.8, 4) is 0 Å². The number of aliphatic hydroxyl groups is 1. The number of nitrogens with zero attached hydrogens (tertiary/aromatic N) is 2. The van der Waals surface area contributed by atoms with Gasteiger partial charge in [-0.1, -0.05) is 24.3 Å². The van der Waals surface area contributed by atoms with Crippen LogP contribution in [0.5, 0.6) is 0 Å². The van der Waals surface area contributed by atoms with Crippen LogP contribution in [0.15, 0.2) is 36.5 Å². The Kier molecular flexibility index (Phi) is 3.40. The van der Waals surface area contributed by atoms with E-state index in [1.807, 2.05) is 24.3 Å². The maximum Gasteiger partial charge on any atom is 0.269 e. The Hall–Kier alpha value is -2.14. The molecule has 1 amide bonds. The average molecular weight is 259 g/mol. The molecule has 0 saturated carbocycles. The summed E-state index contributed by atoms with van der Waals surface area (Å²) in [5.41, 5.74) is 6.37. The van der Waals surface area contributed by atoms with Crippen LogP contribution in [0.1, 0.15) is 35.5 Å². The van der Waals surface area contributed by atoms with Gasteiger partial charge in [0.1, 0.15) is 5.69 Å². The molecular formula is C14H17N3O2. The van der Waals surface area contributed by atoms with Gasteiger partial charge < -0.3 is 10.8 Å². The molecule has 2 rings (SSSR count). The van der Waals surface area contributed by atoms with Crippen LogP contribution in [-0.4, -0.2) is 20.8 Å². The SMILES string of the molecule is CC(C)(O)c1cccc(Cn2ccc(C(N)=O)n2)c1. The van der Waals surface area contributed by atoms with E-state index in [1.54, 1.807) is 30.8 Å². The molecule has 0 spiro atoms. The molecule has 5 nitrogen and oxygen atoms in total. The lowest BCUT2D eigenvalue weighted by atomic mass is 9.97. The van der Waals surface area contributed by atoms with E-state index in [0.717, 1.165) is 11.1 Å². The van der Waals surface area contributed by atoms with Gasteiger partial charge in [0.25, 0.3) is 5.91 Å². The fourth-order valence-corrected chi connectivity index (χ4v) is 1.82. The third-order valence-corrected chi connectivity index (χ3v) is 2.87. The smallest absolute Gasteiger partial charge is 0.269 e. The van der Waals surface area contributed by atoms with Gasteiger partial charge in [-0.25, -0.2) is 0 Å². The van der Waals surface area contributed by atoms with Gasteiger partial charge in [-0.2, -0.15) is 5.10 Å². The zero-order chi connectivity index (χ0) is 14.0. The van der Waals surface area contributed by atoms with E-state index in [9.17, 15) is 9.90 Å². The third kappa shape index (κ3) is 3.20. The summed E-state index contributed by atoms with van der Waals surface area (Å²) in [5, 5.41) is 14.0. The van der Waals surface area contributed by atoms with E-state index < -0.39 is 11.5 Å². The fourth-order valence-electron chi connectivity index (χ4n) is 1.82. The molecule has 100 valence electrons. The lowest BCUT2D eigenvalue weighted by molar-refractivity contribution is 0.0785. The quantitative estimate of drug-likeness (QED) is 0.867. The minimum atomic E-state index is -0.876. The number of carbonyl (C=O) groups excluding carboxylic acids is 1. The van der Waals surface area contributed by atoms with E-state index in [0.29, 0.717) is 6.54 Å². The number of carbonyl (C=O) groups is 1. The molecule has 0 aliphatic rings. The van der Waals surface area contributed by atoms with E-state index in [2.05, 4.69) is 5.10 Å². The molecule has 1 heterocycles. The van der Waals surface area contributed by atoms with E-state index in [4.69, 9.17) is 5.73 Å². The number of aromatic nitrogens is 2. The van der Waals surface area contributed by atoms with Crippen LogP contribution in [-0.2, 0) is 12.1 Å². The Bertz CT molecular complexity index is 597. The van der Waals surface area contributed by atoms with Crippen molar-refractivity contribution in [2.24, 2.45) is 5.73 Å². The fraction of sp³-hybridized carbons (Fsp3) is 0.286. The minimum Gasteiger partial charge on any atom is -0.386 e. The normalized spacial score (nSPS) is 11.5. The molecule has 0 unspecified atom stereocenters. The first-order valence-corrected chi connectivity index (χ1v) is 6.01. The molecule has 19 heavy (non-hydrogen) atoms. The summed E-state index contributed by atoms with van der Waals surface area (Å²) < 4.78 is 1.64. The van der Waals surface area contributed by atoms with Gasteiger partial charge in [0.15, 0.2) is 0 Å². The lowest BCUT2D eigenvalue weighted by Gasteiger charge is -2.18. The molecule has 0 aliphatic heterocycles. The third-order valence-electron chi connectivity index (χ3n) is 2.87. The van der Waals surface area contributed by atoms with Crippen molar-refractivity contribution in [1.29, 1.82) is 0 Å². The summed E-state index contributed by atoms with van der Waals surface area (Å²) in [5.74, 6) is -0.538. The van der Waals surface area contributed by atoms with Gasteiger partial charge in [0.05, 0.1) is 12.1 Å². The van der Waals surface area contributed by atoms with Crippen molar-refractivity contribution in [3.05, 3.63) is 53.3 Å². The highest BCUT2D eigenvalue weighted by Gasteiger charge is 2.15. The number of amides is 1. The van der Waals surface area contributed by atoms with Crippen molar-refractivity contribution >= 4 is 5.91 Å². The topological polar surface area (TPSA) is 81.1 Å². The largest absolute Gasteiger partial charge is 0.386 e. The molecule has 1 aromatic heterocycles. The monoisotopic (exact) mass is 259 g/mol. The van der Waals surface area contributed by atoms with Gasteiger partial charge >= 0.3 is 0 Å². The number of hydrogen-bond donors (Lipinski definition) is 2. The molecule has 0 aliphatic carbocycles. The van der Waals surface area contributed by atoms with E-state index in [1.165, 1.54) is 0 Å². The standard InChI is InChI=1S/C14H17N3O2/c1-14(2,19)11-5-3-4-10(8-11)9-17-7-6-12(16-17)13(15)18/h3-8,19H,9H2,1-2H3,(H2,15,18). The van der Waals surface area contributed by atoms with Gasteiger partial charge in [-0.15, -0.1) is 0 Å². The molecule has 0 bridgehead atoms. The first kappa shape index (κ1) is 13.3. The second-order valence-electron chi connectivity index (χ2n) is 5.02. The average Bonchev–Trinajstić information content (AvgIpc) is 2.77. The first-order chi connectivity index (χ1) is 8.86. The van der Waals surface area contributed by atoms with Crippen LogP contribution in [0.4, 0.5) is 0 Å². The predicted molar refractivity (Wildman–Crippen MR) is 71.5 cm³/mol. The highest BCUT2D eigenvalue weighted by molar-refractivity contribution is 5.90. The molecule has 0 radical (unpaired) electrons. The summed E-state index contributed by atoms with van der Waals surface area (Å²) >= 11 is 0. The number of rotatable bonds is 4. The Labute approximate surface area is 111 Å². The molecule has 0 atom stereocenters. The molecule has 3 N–H and O–H groups in total. The Balaban J connectivity index is 2.21. The Morgan fingerprint density at radius 2 is 2.16 bits per heavy atom. The van der Waals surface area contributed by atoms with Crippen molar-refractivity contribution in [2.45, 2.75) is 26.0 Å². The highest BCUT2D eigenvalue weighted by atomic mass is 16.3. The zero-order valence-electron chi connectivity index (χ0n) is 11.0. The summed E-state index contributed by atoms with van der Waals surface area (Å²) in [7, 11) is 0. The lowest BCUT2D eigenvalue weighted by Crippen LogP contribution is -2.16. The zero-order valence-corrected chi connectivity index (χ0v) is 11.0. The minimum absolute atomic E-state index is 0.249. The maximum absolute atomic E-state index is 11.0. The number of primary amides is 1. The number of nitrogens with two attached hydrogens (primary N) is 1. The van der Waals surface area contributed by atoms with Gasteiger partial charge in [-0.3, -0.25) is 9.48 Å². The summed E-state index contributed by atoms with van der Waals surface area (Å²) in [6.07, 6.45) is 1.71. The first-order valence-electron chi connectivity index (χ1n) is 6.01.